The second-order valence-corrected chi connectivity index (χ2v) is 10.8. The highest BCUT2D eigenvalue weighted by Gasteiger charge is 2.30. The van der Waals surface area contributed by atoms with Gasteiger partial charge in [0.2, 0.25) is 12.5 Å². The number of piperidine rings is 1. The van der Waals surface area contributed by atoms with E-state index < -0.39 is 11.7 Å². The van der Waals surface area contributed by atoms with Crippen LogP contribution in [0.25, 0.3) is 22.3 Å². The van der Waals surface area contributed by atoms with Crippen LogP contribution >= 0.6 is 0 Å². The van der Waals surface area contributed by atoms with Gasteiger partial charge in [0, 0.05) is 18.8 Å². The zero-order chi connectivity index (χ0) is 27.0. The van der Waals surface area contributed by atoms with Crippen molar-refractivity contribution in [3.8, 4) is 22.8 Å². The van der Waals surface area contributed by atoms with Gasteiger partial charge in [0.05, 0.1) is 17.5 Å². The van der Waals surface area contributed by atoms with Crippen molar-refractivity contribution in [1.82, 2.24) is 34.5 Å². The third kappa shape index (κ3) is 5.29. The number of aromatic nitrogens is 5. The molecule has 3 aromatic rings. The largest absolute Gasteiger partial charge is 0.453 e. The molecule has 5 rings (SSSR count). The Kier molecular flexibility index (Phi) is 6.97. The van der Waals surface area contributed by atoms with Crippen LogP contribution in [0.3, 0.4) is 0 Å². The van der Waals surface area contributed by atoms with Gasteiger partial charge in [-0.1, -0.05) is 0 Å². The van der Waals surface area contributed by atoms with Crippen LogP contribution in [0.1, 0.15) is 33.6 Å². The first kappa shape index (κ1) is 25.9. The van der Waals surface area contributed by atoms with Gasteiger partial charge in [-0.2, -0.15) is 5.10 Å². The first-order chi connectivity index (χ1) is 18.1. The number of nitrogens with two attached hydrogens (primary N) is 1. The summed E-state index contributed by atoms with van der Waals surface area (Å²) in [6.07, 6.45) is 4.67. The number of carbonyl (C=O) groups is 1. The summed E-state index contributed by atoms with van der Waals surface area (Å²) >= 11 is 0. The van der Waals surface area contributed by atoms with E-state index in [4.69, 9.17) is 25.0 Å². The molecule has 13 nitrogen and oxygen atoms in total. The maximum atomic E-state index is 12.3. The van der Waals surface area contributed by atoms with Gasteiger partial charge in [-0.25, -0.2) is 24.4 Å². The highest BCUT2D eigenvalue weighted by atomic mass is 16.7. The molecule has 1 fully saturated rings. The van der Waals surface area contributed by atoms with Crippen molar-refractivity contribution in [3.63, 3.8) is 0 Å². The Balaban J connectivity index is 1.42. The van der Waals surface area contributed by atoms with Gasteiger partial charge in [0.15, 0.2) is 17.2 Å². The zero-order valence-corrected chi connectivity index (χ0v) is 22.5. The summed E-state index contributed by atoms with van der Waals surface area (Å²) in [5, 5.41) is 8.13. The molecule has 0 atom stereocenters. The van der Waals surface area contributed by atoms with Crippen LogP contribution in [0.4, 0.5) is 16.4 Å². The smallest absolute Gasteiger partial charge is 0.413 e. The minimum absolute atomic E-state index is 0.0233. The van der Waals surface area contributed by atoms with Crippen LogP contribution in [0.2, 0.25) is 0 Å². The first-order valence-electron chi connectivity index (χ1n) is 12.8. The van der Waals surface area contributed by atoms with E-state index in [0.29, 0.717) is 52.2 Å². The molecule has 2 aliphatic rings. The number of hydrogen-bond donors (Lipinski definition) is 2. The van der Waals surface area contributed by atoms with Crippen molar-refractivity contribution in [1.29, 1.82) is 0 Å². The van der Waals surface area contributed by atoms with Crippen molar-refractivity contribution in [2.45, 2.75) is 51.8 Å². The van der Waals surface area contributed by atoms with Crippen molar-refractivity contribution in [3.05, 3.63) is 12.5 Å². The van der Waals surface area contributed by atoms with Crippen molar-refractivity contribution >= 4 is 28.8 Å². The lowest BCUT2D eigenvalue weighted by Crippen LogP contribution is -2.42. The molecule has 3 N–H and O–H groups in total. The molecule has 5 heterocycles. The highest BCUT2D eigenvalue weighted by Crippen LogP contribution is 2.46. The van der Waals surface area contributed by atoms with Crippen LogP contribution in [0.5, 0.6) is 11.5 Å². The molecular weight excluding hydrogens is 490 g/mol. The summed E-state index contributed by atoms with van der Waals surface area (Å²) < 4.78 is 18.7. The van der Waals surface area contributed by atoms with E-state index in [1.165, 1.54) is 6.33 Å². The monoisotopic (exact) mass is 525 g/mol. The van der Waals surface area contributed by atoms with Crippen molar-refractivity contribution in [2.24, 2.45) is 0 Å². The van der Waals surface area contributed by atoms with E-state index in [9.17, 15) is 4.79 Å². The molecule has 3 aromatic heterocycles. The minimum atomic E-state index is -0.657. The second-order valence-electron chi connectivity index (χ2n) is 10.8. The summed E-state index contributed by atoms with van der Waals surface area (Å²) in [6.45, 7) is 8.90. The quantitative estimate of drug-likeness (QED) is 0.489. The number of anilines is 2. The van der Waals surface area contributed by atoms with Gasteiger partial charge in [0.25, 0.3) is 0 Å². The lowest BCUT2D eigenvalue weighted by Gasteiger charge is -2.35. The zero-order valence-electron chi connectivity index (χ0n) is 22.5. The molecule has 204 valence electrons. The number of nitrogens with one attached hydrogen (secondary N) is 1. The molecule has 2 aliphatic heterocycles. The second kappa shape index (κ2) is 10.2. The minimum Gasteiger partial charge on any atom is -0.453 e. The number of hydrogen-bond acceptors (Lipinski definition) is 11. The fourth-order valence-electron chi connectivity index (χ4n) is 4.83. The molecule has 0 unspecified atom stereocenters. The van der Waals surface area contributed by atoms with E-state index in [1.807, 2.05) is 4.68 Å². The number of rotatable bonds is 6. The molecule has 38 heavy (non-hydrogen) atoms. The SMILES string of the molecule is CN(C)C1CCN(CCn2nc(-c3cnc(NC(=O)OC(C)(C)C)c4c3OCO4)c3c(N)ncnc32)CC1. The number of carbonyl (C=O) groups excluding carboxylic acids is 1. The Morgan fingerprint density at radius 2 is 1.89 bits per heavy atom. The van der Waals surface area contributed by atoms with E-state index in [-0.39, 0.29) is 12.6 Å². The number of pyridine rings is 1. The Bertz CT molecular complexity index is 1330. The molecule has 0 aliphatic carbocycles. The van der Waals surface area contributed by atoms with Gasteiger partial charge in [0.1, 0.15) is 23.4 Å². The van der Waals surface area contributed by atoms with Crippen LogP contribution in [-0.2, 0) is 11.3 Å². The topological polar surface area (TPSA) is 146 Å². The van der Waals surface area contributed by atoms with E-state index >= 15 is 0 Å². The number of fused-ring (bicyclic) bond motifs is 2. The number of ether oxygens (including phenoxy) is 3. The number of nitrogens with zero attached hydrogens (tertiary/aromatic N) is 7. The third-order valence-corrected chi connectivity index (χ3v) is 6.74. The molecule has 1 amide bonds. The van der Waals surface area contributed by atoms with Gasteiger partial charge in [-0.15, -0.1) is 0 Å². The van der Waals surface area contributed by atoms with Crippen LogP contribution in [0.15, 0.2) is 12.5 Å². The Morgan fingerprint density at radius 1 is 1.16 bits per heavy atom. The molecule has 0 radical (unpaired) electrons. The summed E-state index contributed by atoms with van der Waals surface area (Å²) in [4.78, 5) is 30.2. The Hall–Kier alpha value is -3.71. The van der Waals surface area contributed by atoms with Crippen LogP contribution in [-0.4, -0.2) is 92.8 Å². The number of amides is 1. The average molecular weight is 526 g/mol. The van der Waals surface area contributed by atoms with E-state index in [0.717, 1.165) is 32.5 Å². The van der Waals surface area contributed by atoms with Gasteiger partial charge < -0.3 is 29.7 Å². The predicted molar refractivity (Wildman–Crippen MR) is 142 cm³/mol. The highest BCUT2D eigenvalue weighted by molar-refractivity contribution is 6.00. The summed E-state index contributed by atoms with van der Waals surface area (Å²) in [7, 11) is 4.28. The van der Waals surface area contributed by atoms with Gasteiger partial charge >= 0.3 is 6.09 Å². The summed E-state index contributed by atoms with van der Waals surface area (Å²) in [5.41, 5.74) is 7.40. The summed E-state index contributed by atoms with van der Waals surface area (Å²) in [5.74, 6) is 1.22. The Morgan fingerprint density at radius 3 is 2.61 bits per heavy atom. The fraction of sp³-hybridized carbons (Fsp3) is 0.560. The first-order valence-corrected chi connectivity index (χ1v) is 12.8. The maximum Gasteiger partial charge on any atom is 0.413 e. The predicted octanol–water partition coefficient (Wildman–Crippen LogP) is 2.57. The van der Waals surface area contributed by atoms with Crippen molar-refractivity contribution < 1.29 is 19.0 Å². The van der Waals surface area contributed by atoms with Gasteiger partial charge in [-0.3, -0.25) is 5.32 Å². The van der Waals surface area contributed by atoms with Gasteiger partial charge in [-0.05, 0) is 60.8 Å². The number of likely N-dealkylation sites (tertiary alicyclic amines) is 1. The lowest BCUT2D eigenvalue weighted by molar-refractivity contribution is 0.0634. The third-order valence-electron chi connectivity index (χ3n) is 6.74. The fourth-order valence-corrected chi connectivity index (χ4v) is 4.83. The molecule has 0 spiro atoms. The maximum absolute atomic E-state index is 12.3. The molecule has 1 saturated heterocycles. The molecule has 13 heteroatoms. The molecule has 0 bridgehead atoms. The molecule has 0 aromatic carbocycles. The van der Waals surface area contributed by atoms with E-state index in [1.54, 1.807) is 27.0 Å². The molecular formula is C25H35N9O4. The summed E-state index contributed by atoms with van der Waals surface area (Å²) in [6, 6.07) is 0.625. The average Bonchev–Trinajstić information content (AvgIpc) is 3.49. The normalized spacial score (nSPS) is 16.4. The lowest BCUT2D eigenvalue weighted by atomic mass is 10.0. The standard InChI is InChI=1S/C25H35N9O4/c1-25(2,3)38-24(35)30-22-20-19(36-14-37-20)16(12-27-22)18-17-21(26)28-13-29-23(17)34(31-18)11-10-33-8-6-15(7-9-33)32(4)5/h12-13,15H,6-11,14H2,1-5H3,(H2,26,28,29)(H,27,30,35). The number of nitrogen functional groups attached to an aromatic ring is 1. The Labute approximate surface area is 221 Å². The van der Waals surface area contributed by atoms with E-state index in [2.05, 4.69) is 44.2 Å². The van der Waals surface area contributed by atoms with Crippen LogP contribution < -0.4 is 20.5 Å². The van der Waals surface area contributed by atoms with Crippen molar-refractivity contribution in [2.75, 3.05) is 51.6 Å². The molecule has 0 saturated carbocycles. The van der Waals surface area contributed by atoms with Crippen LogP contribution in [0, 0.1) is 0 Å².